The Morgan fingerprint density at radius 3 is 2.74 bits per heavy atom. The largest absolute Gasteiger partial charge is 0.463 e. The van der Waals surface area contributed by atoms with Crippen LogP contribution in [0.5, 0.6) is 0 Å². The molecule has 6 heteroatoms. The molecule has 3 aromatic rings. The van der Waals surface area contributed by atoms with Crippen molar-refractivity contribution in [3.05, 3.63) is 59.4 Å². The van der Waals surface area contributed by atoms with Gasteiger partial charge in [-0.1, -0.05) is 17.7 Å². The lowest BCUT2D eigenvalue weighted by atomic mass is 10.2. The van der Waals surface area contributed by atoms with Gasteiger partial charge in [0.1, 0.15) is 11.4 Å². The molecule has 0 atom stereocenters. The molecule has 0 spiro atoms. The maximum Gasteiger partial charge on any atom is 0.270 e. The zero-order valence-electron chi connectivity index (χ0n) is 12.8. The molecule has 1 N–H and O–H groups in total. The molecule has 0 aliphatic rings. The van der Waals surface area contributed by atoms with Crippen molar-refractivity contribution in [2.75, 3.05) is 0 Å². The van der Waals surface area contributed by atoms with E-state index in [1.807, 2.05) is 26.0 Å². The third kappa shape index (κ3) is 3.29. The molecule has 0 radical (unpaired) electrons. The number of amides is 1. The molecule has 0 aliphatic heterocycles. The van der Waals surface area contributed by atoms with Crippen molar-refractivity contribution in [3.8, 4) is 17.1 Å². The smallest absolute Gasteiger partial charge is 0.270 e. The van der Waals surface area contributed by atoms with Gasteiger partial charge in [0.2, 0.25) is 0 Å². The molecule has 0 aliphatic carbocycles. The highest BCUT2D eigenvalue weighted by atomic mass is 35.5. The van der Waals surface area contributed by atoms with E-state index in [-0.39, 0.29) is 11.9 Å². The molecule has 2 heterocycles. The zero-order valence-corrected chi connectivity index (χ0v) is 13.5. The quantitative estimate of drug-likeness (QED) is 0.789. The monoisotopic (exact) mass is 329 g/mol. The summed E-state index contributed by atoms with van der Waals surface area (Å²) < 4.78 is 6.95. The summed E-state index contributed by atoms with van der Waals surface area (Å²) in [4.78, 5) is 12.5. The molecule has 5 nitrogen and oxygen atoms in total. The second-order valence-electron chi connectivity index (χ2n) is 5.41. The SMILES string of the molecule is CC(C)NC(=O)c1cc(-c2ccco2)nn1-c1cccc(Cl)c1. The van der Waals surface area contributed by atoms with Gasteiger partial charge in [0.15, 0.2) is 5.76 Å². The number of rotatable bonds is 4. The summed E-state index contributed by atoms with van der Waals surface area (Å²) in [6.07, 6.45) is 1.57. The lowest BCUT2D eigenvalue weighted by Crippen LogP contribution is -2.31. The van der Waals surface area contributed by atoms with Gasteiger partial charge in [-0.3, -0.25) is 4.79 Å². The first kappa shape index (κ1) is 15.4. The minimum atomic E-state index is -0.203. The Bertz CT molecular complexity index is 822. The summed E-state index contributed by atoms with van der Waals surface area (Å²) in [5.41, 5.74) is 1.72. The fourth-order valence-electron chi connectivity index (χ4n) is 2.23. The number of aromatic nitrogens is 2. The number of nitrogens with one attached hydrogen (secondary N) is 1. The Morgan fingerprint density at radius 2 is 2.09 bits per heavy atom. The Balaban J connectivity index is 2.10. The molecule has 0 bridgehead atoms. The predicted octanol–water partition coefficient (Wildman–Crippen LogP) is 3.92. The van der Waals surface area contributed by atoms with E-state index >= 15 is 0 Å². The minimum absolute atomic E-state index is 0.0253. The maximum absolute atomic E-state index is 12.5. The number of nitrogens with zero attached hydrogens (tertiary/aromatic N) is 2. The van der Waals surface area contributed by atoms with Crippen LogP contribution < -0.4 is 5.32 Å². The molecule has 2 aromatic heterocycles. The summed E-state index contributed by atoms with van der Waals surface area (Å²) in [5.74, 6) is 0.398. The average Bonchev–Trinajstić information content (AvgIpc) is 3.16. The van der Waals surface area contributed by atoms with Crippen LogP contribution in [0.25, 0.3) is 17.1 Å². The second-order valence-corrected chi connectivity index (χ2v) is 5.85. The third-order valence-corrected chi connectivity index (χ3v) is 3.42. The van der Waals surface area contributed by atoms with Crippen molar-refractivity contribution < 1.29 is 9.21 Å². The first-order chi connectivity index (χ1) is 11.0. The van der Waals surface area contributed by atoms with Gasteiger partial charge in [-0.15, -0.1) is 0 Å². The third-order valence-electron chi connectivity index (χ3n) is 3.19. The van der Waals surface area contributed by atoms with Gasteiger partial charge in [0, 0.05) is 17.1 Å². The first-order valence-corrected chi connectivity index (χ1v) is 7.63. The summed E-state index contributed by atoms with van der Waals surface area (Å²) in [7, 11) is 0. The topological polar surface area (TPSA) is 60.1 Å². The molecule has 0 saturated carbocycles. The molecule has 0 unspecified atom stereocenters. The van der Waals surface area contributed by atoms with E-state index in [4.69, 9.17) is 16.0 Å². The van der Waals surface area contributed by atoms with Crippen LogP contribution in [-0.2, 0) is 0 Å². The number of hydrogen-bond acceptors (Lipinski definition) is 3. The normalized spacial score (nSPS) is 11.0. The number of halogens is 1. The van der Waals surface area contributed by atoms with E-state index < -0.39 is 0 Å². The lowest BCUT2D eigenvalue weighted by Gasteiger charge is -2.10. The summed E-state index contributed by atoms with van der Waals surface area (Å²) in [6, 6.07) is 12.5. The van der Waals surface area contributed by atoms with Crippen LogP contribution in [0.1, 0.15) is 24.3 Å². The maximum atomic E-state index is 12.5. The zero-order chi connectivity index (χ0) is 16.4. The van der Waals surface area contributed by atoms with Crippen LogP contribution in [0, 0.1) is 0 Å². The fourth-order valence-corrected chi connectivity index (χ4v) is 2.41. The number of carbonyl (C=O) groups is 1. The van der Waals surface area contributed by atoms with Crippen molar-refractivity contribution in [1.29, 1.82) is 0 Å². The van der Waals surface area contributed by atoms with E-state index in [0.717, 1.165) is 0 Å². The van der Waals surface area contributed by atoms with Crippen LogP contribution in [0.3, 0.4) is 0 Å². The van der Waals surface area contributed by atoms with E-state index in [1.165, 1.54) is 0 Å². The highest BCUT2D eigenvalue weighted by molar-refractivity contribution is 6.30. The van der Waals surface area contributed by atoms with E-state index in [9.17, 15) is 4.79 Å². The molecule has 0 saturated heterocycles. The number of furan rings is 1. The van der Waals surface area contributed by atoms with Gasteiger partial charge in [-0.25, -0.2) is 4.68 Å². The van der Waals surface area contributed by atoms with Gasteiger partial charge in [-0.05, 0) is 44.2 Å². The van der Waals surface area contributed by atoms with Gasteiger partial charge < -0.3 is 9.73 Å². The molecular weight excluding hydrogens is 314 g/mol. The molecule has 23 heavy (non-hydrogen) atoms. The van der Waals surface area contributed by atoms with Crippen molar-refractivity contribution in [1.82, 2.24) is 15.1 Å². The average molecular weight is 330 g/mol. The Morgan fingerprint density at radius 1 is 1.26 bits per heavy atom. The van der Waals surface area contributed by atoms with Crippen molar-refractivity contribution in [2.45, 2.75) is 19.9 Å². The predicted molar refractivity (Wildman–Crippen MR) is 88.9 cm³/mol. The standard InChI is InChI=1S/C17H16ClN3O2/c1-11(2)19-17(22)15-10-14(16-7-4-8-23-16)20-21(15)13-6-3-5-12(18)9-13/h3-11H,1-2H3,(H,19,22). The van der Waals surface area contributed by atoms with Gasteiger partial charge in [-0.2, -0.15) is 5.10 Å². The van der Waals surface area contributed by atoms with Crippen LogP contribution in [-0.4, -0.2) is 21.7 Å². The van der Waals surface area contributed by atoms with Gasteiger partial charge >= 0.3 is 0 Å². The summed E-state index contributed by atoms with van der Waals surface area (Å²) in [6.45, 7) is 3.82. The molecule has 0 fully saturated rings. The minimum Gasteiger partial charge on any atom is -0.463 e. The highest BCUT2D eigenvalue weighted by Gasteiger charge is 2.19. The Labute approximate surface area is 138 Å². The van der Waals surface area contributed by atoms with E-state index in [2.05, 4.69) is 10.4 Å². The Hall–Kier alpha value is -2.53. The van der Waals surface area contributed by atoms with Crippen LogP contribution in [0.2, 0.25) is 5.02 Å². The van der Waals surface area contributed by atoms with Crippen molar-refractivity contribution in [2.24, 2.45) is 0 Å². The van der Waals surface area contributed by atoms with Crippen LogP contribution >= 0.6 is 11.6 Å². The lowest BCUT2D eigenvalue weighted by molar-refractivity contribution is 0.0935. The molecule has 1 amide bonds. The van der Waals surface area contributed by atoms with Crippen molar-refractivity contribution in [3.63, 3.8) is 0 Å². The summed E-state index contributed by atoms with van der Waals surface area (Å²) in [5, 5.41) is 7.95. The van der Waals surface area contributed by atoms with E-state index in [0.29, 0.717) is 27.9 Å². The van der Waals surface area contributed by atoms with Crippen LogP contribution in [0.4, 0.5) is 0 Å². The molecule has 3 rings (SSSR count). The number of hydrogen-bond donors (Lipinski definition) is 1. The Kier molecular flexibility index (Phi) is 4.21. The fraction of sp³-hybridized carbons (Fsp3) is 0.176. The molecule has 118 valence electrons. The highest BCUT2D eigenvalue weighted by Crippen LogP contribution is 2.23. The molecular formula is C17H16ClN3O2. The molecule has 1 aromatic carbocycles. The second kappa shape index (κ2) is 6.30. The van der Waals surface area contributed by atoms with Crippen molar-refractivity contribution >= 4 is 17.5 Å². The first-order valence-electron chi connectivity index (χ1n) is 7.25. The summed E-state index contributed by atoms with van der Waals surface area (Å²) >= 11 is 6.06. The number of benzene rings is 1. The van der Waals surface area contributed by atoms with Crippen LogP contribution in [0.15, 0.2) is 53.1 Å². The van der Waals surface area contributed by atoms with Gasteiger partial charge in [0.05, 0.1) is 12.0 Å². The number of carbonyl (C=O) groups excluding carboxylic acids is 1. The van der Waals surface area contributed by atoms with E-state index in [1.54, 1.807) is 41.3 Å². The van der Waals surface area contributed by atoms with Gasteiger partial charge in [0.25, 0.3) is 5.91 Å².